The molecule has 0 aliphatic rings. The highest BCUT2D eigenvalue weighted by Gasteiger charge is 2.20. The maximum Gasteiger partial charge on any atom is 0.141 e. The van der Waals surface area contributed by atoms with Crippen molar-refractivity contribution < 1.29 is 8.60 Å². The van der Waals surface area contributed by atoms with Gasteiger partial charge in [0.15, 0.2) is 0 Å². The van der Waals surface area contributed by atoms with Crippen molar-refractivity contribution in [2.24, 2.45) is 11.6 Å². The Bertz CT molecular complexity index is 1450. The summed E-state index contributed by atoms with van der Waals surface area (Å²) in [5.74, 6) is 7.31. The summed E-state index contributed by atoms with van der Waals surface area (Å²) >= 11 is 6.07. The van der Waals surface area contributed by atoms with Crippen molar-refractivity contribution in [3.63, 3.8) is 0 Å². The van der Waals surface area contributed by atoms with E-state index in [1.807, 2.05) is 61.5 Å². The van der Waals surface area contributed by atoms with Gasteiger partial charge < -0.3 is 10.3 Å². The lowest BCUT2D eigenvalue weighted by Gasteiger charge is -2.26. The Kier molecular flexibility index (Phi) is 7.59. The maximum atomic E-state index is 14.1. The van der Waals surface area contributed by atoms with E-state index in [-0.39, 0.29) is 0 Å². The number of halogens is 2. The van der Waals surface area contributed by atoms with Gasteiger partial charge in [0.25, 0.3) is 0 Å². The van der Waals surface area contributed by atoms with Crippen LogP contribution in [0.25, 0.3) is 22.5 Å². The third kappa shape index (κ3) is 5.21. The van der Waals surface area contributed by atoms with Gasteiger partial charge in [0.1, 0.15) is 12.0 Å². The number of nitrogens with zero attached hydrogens (tertiary/aromatic N) is 3. The van der Waals surface area contributed by atoms with E-state index in [9.17, 15) is 8.60 Å². The van der Waals surface area contributed by atoms with Crippen LogP contribution >= 0.6 is 11.6 Å². The number of nitrogens with two attached hydrogens (primary N) is 2. The molecular weight excluding hydrogens is 497 g/mol. The zero-order valence-corrected chi connectivity index (χ0v) is 21.7. The van der Waals surface area contributed by atoms with Gasteiger partial charge in [0, 0.05) is 44.9 Å². The van der Waals surface area contributed by atoms with Crippen LogP contribution in [0.15, 0.2) is 84.0 Å². The van der Waals surface area contributed by atoms with E-state index in [0.29, 0.717) is 33.6 Å². The van der Waals surface area contributed by atoms with Crippen LogP contribution in [0.5, 0.6) is 0 Å². The normalized spacial score (nSPS) is 13.4. The van der Waals surface area contributed by atoms with Gasteiger partial charge in [0.05, 0.1) is 22.8 Å². The Balaban J connectivity index is 1.90. The predicted molar refractivity (Wildman–Crippen MR) is 146 cm³/mol. The van der Waals surface area contributed by atoms with Crippen LogP contribution in [0.1, 0.15) is 30.2 Å². The lowest BCUT2D eigenvalue weighted by Crippen LogP contribution is -2.31. The molecule has 36 heavy (non-hydrogen) atoms. The van der Waals surface area contributed by atoms with Crippen LogP contribution in [0.4, 0.5) is 10.1 Å². The van der Waals surface area contributed by atoms with Gasteiger partial charge in [-0.1, -0.05) is 41.9 Å². The van der Waals surface area contributed by atoms with Gasteiger partial charge >= 0.3 is 0 Å². The number of benzene rings is 3. The van der Waals surface area contributed by atoms with Crippen molar-refractivity contribution >= 4 is 33.8 Å². The molecule has 186 valence electrons. The fourth-order valence-electron chi connectivity index (χ4n) is 3.95. The lowest BCUT2D eigenvalue weighted by molar-refractivity contribution is 0.366. The Morgan fingerprint density at radius 1 is 1.14 bits per heavy atom. The number of aromatic nitrogens is 2. The molecular formula is C27H27ClFN5OS. The first-order valence-corrected chi connectivity index (χ1v) is 13.1. The van der Waals surface area contributed by atoms with Crippen molar-refractivity contribution in [1.29, 1.82) is 0 Å². The molecule has 4 aromatic rings. The topological polar surface area (TPSA) is 90.2 Å². The summed E-state index contributed by atoms with van der Waals surface area (Å²) in [5.41, 5.74) is 10.7. The molecule has 0 bridgehead atoms. The average molecular weight is 524 g/mol. The van der Waals surface area contributed by atoms with Gasteiger partial charge in [-0.15, -0.1) is 0 Å². The van der Waals surface area contributed by atoms with Crippen LogP contribution in [0, 0.1) is 6.92 Å². The minimum Gasteiger partial charge on any atom is -0.403 e. The van der Waals surface area contributed by atoms with Crippen LogP contribution in [-0.4, -0.2) is 20.0 Å². The van der Waals surface area contributed by atoms with Crippen LogP contribution in [0.3, 0.4) is 0 Å². The molecule has 1 aromatic heterocycles. The van der Waals surface area contributed by atoms with Crippen LogP contribution < -0.4 is 16.6 Å². The lowest BCUT2D eigenvalue weighted by atomic mass is 10.0. The third-order valence-corrected chi connectivity index (χ3v) is 7.03. The zero-order chi connectivity index (χ0) is 26.0. The van der Waals surface area contributed by atoms with E-state index in [1.54, 1.807) is 29.2 Å². The summed E-state index contributed by atoms with van der Waals surface area (Å²) < 4.78 is 27.9. The molecule has 2 unspecified atom stereocenters. The minimum atomic E-state index is -1.21. The maximum absolute atomic E-state index is 14.1. The first kappa shape index (κ1) is 25.6. The van der Waals surface area contributed by atoms with Crippen molar-refractivity contribution in [3.05, 3.63) is 101 Å². The number of hydrogen-bond donors (Lipinski definition) is 2. The number of hydrazine groups is 1. The molecule has 0 saturated carbocycles. The Morgan fingerprint density at radius 3 is 2.44 bits per heavy atom. The zero-order valence-electron chi connectivity index (χ0n) is 20.2. The molecule has 9 heteroatoms. The highest BCUT2D eigenvalue weighted by molar-refractivity contribution is 7.84. The fraction of sp³-hybridized carbons (Fsp3) is 0.148. The second-order valence-corrected chi connectivity index (χ2v) is 10.1. The molecule has 0 amide bonds. The smallest absolute Gasteiger partial charge is 0.141 e. The summed E-state index contributed by atoms with van der Waals surface area (Å²) in [4.78, 5) is 5.09. The number of anilines is 1. The Morgan fingerprint density at radius 2 is 1.83 bits per heavy atom. The van der Waals surface area contributed by atoms with E-state index in [4.69, 9.17) is 23.2 Å². The van der Waals surface area contributed by atoms with E-state index in [0.717, 1.165) is 21.6 Å². The molecule has 1 heterocycles. The Hall–Kier alpha value is -3.46. The van der Waals surface area contributed by atoms with Crippen molar-refractivity contribution in [2.45, 2.75) is 24.9 Å². The summed E-state index contributed by atoms with van der Waals surface area (Å²) in [6.45, 7) is 3.26. The molecule has 0 radical (unpaired) electrons. The first-order chi connectivity index (χ1) is 17.2. The van der Waals surface area contributed by atoms with Crippen molar-refractivity contribution in [3.8, 4) is 16.8 Å². The van der Waals surface area contributed by atoms with Gasteiger partial charge in [0.2, 0.25) is 0 Å². The monoisotopic (exact) mass is 523 g/mol. The van der Waals surface area contributed by atoms with E-state index in [1.165, 1.54) is 18.1 Å². The highest BCUT2D eigenvalue weighted by Crippen LogP contribution is 2.35. The van der Waals surface area contributed by atoms with Gasteiger partial charge in [-0.2, -0.15) is 0 Å². The molecule has 0 saturated heterocycles. The van der Waals surface area contributed by atoms with E-state index >= 15 is 0 Å². The van der Waals surface area contributed by atoms with Gasteiger partial charge in [-0.25, -0.2) is 15.2 Å². The third-order valence-electron chi connectivity index (χ3n) is 5.86. The number of rotatable bonds is 7. The largest absolute Gasteiger partial charge is 0.403 e. The van der Waals surface area contributed by atoms with Gasteiger partial charge in [-0.05, 0) is 61.4 Å². The van der Waals surface area contributed by atoms with E-state index < -0.39 is 17.0 Å². The van der Waals surface area contributed by atoms with Crippen LogP contribution in [0.2, 0.25) is 5.02 Å². The molecule has 4 rings (SSSR count). The van der Waals surface area contributed by atoms with Crippen molar-refractivity contribution in [1.82, 2.24) is 9.55 Å². The SMILES string of the molecule is Cc1nc(C(C)F)cn1-c1ccc(-c2cccc(S(C)=O)c2)cc1N(N)/C(=C\N)c1ccc(Cl)cc1. The molecule has 4 N–H and O–H groups in total. The fourth-order valence-corrected chi connectivity index (χ4v) is 4.64. The number of alkyl halides is 1. The molecule has 2 atom stereocenters. The van der Waals surface area contributed by atoms with E-state index in [2.05, 4.69) is 4.98 Å². The number of hydrogen-bond acceptors (Lipinski definition) is 5. The molecule has 0 aliphatic carbocycles. The molecule has 0 aliphatic heterocycles. The number of imidazole rings is 1. The molecule has 3 aromatic carbocycles. The van der Waals surface area contributed by atoms with Crippen molar-refractivity contribution in [2.75, 3.05) is 11.3 Å². The quantitative estimate of drug-likeness (QED) is 0.232. The summed E-state index contributed by atoms with van der Waals surface area (Å²) in [6.07, 6.45) is 3.52. The summed E-state index contributed by atoms with van der Waals surface area (Å²) in [6, 6.07) is 20.5. The molecule has 6 nitrogen and oxygen atoms in total. The average Bonchev–Trinajstić information content (AvgIpc) is 3.27. The second kappa shape index (κ2) is 10.7. The minimum absolute atomic E-state index is 0.330. The summed E-state index contributed by atoms with van der Waals surface area (Å²) in [5, 5.41) is 2.08. The first-order valence-electron chi connectivity index (χ1n) is 11.2. The molecule has 0 fully saturated rings. The number of aryl methyl sites for hydroxylation is 1. The summed E-state index contributed by atoms with van der Waals surface area (Å²) in [7, 11) is -1.12. The predicted octanol–water partition coefficient (Wildman–Crippen LogP) is 5.91. The highest BCUT2D eigenvalue weighted by atomic mass is 35.5. The Labute approximate surface area is 217 Å². The standard InChI is InChI=1S/C27H27ClFN5OS/c1-17(29)24-16-33(18(2)32-24)25-12-9-21(20-5-4-6-23(13-20)36(3)35)14-26(25)34(31)27(15-30)19-7-10-22(28)11-8-19/h4-17H,30-31H2,1-3H3/b27-15-. The molecule has 0 spiro atoms. The second-order valence-electron chi connectivity index (χ2n) is 8.31. The van der Waals surface area contributed by atoms with Crippen LogP contribution in [-0.2, 0) is 10.8 Å². The van der Waals surface area contributed by atoms with Gasteiger partial charge in [-0.3, -0.25) is 9.22 Å².